The van der Waals surface area contributed by atoms with Crippen LogP contribution >= 0.6 is 0 Å². The first kappa shape index (κ1) is 26.2. The van der Waals surface area contributed by atoms with Crippen LogP contribution in [0, 0.1) is 5.82 Å². The number of nitrogens with zero attached hydrogens (tertiary/aromatic N) is 1. The maximum Gasteiger partial charge on any atom is 0.410 e. The van der Waals surface area contributed by atoms with E-state index in [1.54, 1.807) is 12.0 Å². The summed E-state index contributed by atoms with van der Waals surface area (Å²) in [4.78, 5) is 14.7. The van der Waals surface area contributed by atoms with Gasteiger partial charge in [0.1, 0.15) is 17.2 Å². The maximum atomic E-state index is 13.6. The van der Waals surface area contributed by atoms with Gasteiger partial charge in [-0.15, -0.1) is 0 Å². The molecule has 0 saturated carbocycles. The summed E-state index contributed by atoms with van der Waals surface area (Å²) >= 11 is 0. The Labute approximate surface area is 216 Å². The highest BCUT2D eigenvalue weighted by molar-refractivity contribution is 6.12. The van der Waals surface area contributed by atoms with Crippen molar-refractivity contribution in [2.24, 2.45) is 0 Å². The van der Waals surface area contributed by atoms with Gasteiger partial charge >= 0.3 is 6.09 Å². The zero-order chi connectivity index (χ0) is 25.9. The van der Waals surface area contributed by atoms with Crippen LogP contribution < -0.4 is 4.74 Å². The molecular formula is C29H33FNO4Si. The quantitative estimate of drug-likeness (QED) is 0.355. The van der Waals surface area contributed by atoms with Crippen molar-refractivity contribution in [1.82, 2.24) is 4.90 Å². The van der Waals surface area contributed by atoms with Crippen molar-refractivity contribution in [3.63, 3.8) is 0 Å². The van der Waals surface area contributed by atoms with Crippen LogP contribution in [0.5, 0.6) is 5.75 Å². The molecule has 3 aromatic rings. The average Bonchev–Trinajstić information content (AvgIpc) is 2.87. The zero-order valence-corrected chi connectivity index (χ0v) is 22.3. The molecular weight excluding hydrogens is 473 g/mol. The van der Waals surface area contributed by atoms with E-state index in [0.29, 0.717) is 26.1 Å². The normalized spacial score (nSPS) is 19.2. The second-order valence-electron chi connectivity index (χ2n) is 9.98. The van der Waals surface area contributed by atoms with Crippen molar-refractivity contribution < 1.29 is 23.4 Å². The highest BCUT2D eigenvalue weighted by Crippen LogP contribution is 2.33. The summed E-state index contributed by atoms with van der Waals surface area (Å²) in [5.74, 6) is 0.596. The first-order valence-corrected chi connectivity index (χ1v) is 12.9. The number of methoxy groups -OCH3 is 1. The van der Waals surface area contributed by atoms with Gasteiger partial charge in [-0.1, -0.05) is 37.3 Å². The Bertz CT molecular complexity index is 1200. The number of amides is 1. The molecule has 189 valence electrons. The molecule has 5 nitrogen and oxygen atoms in total. The molecule has 0 aromatic heterocycles. The lowest BCUT2D eigenvalue weighted by molar-refractivity contribution is -0.0393. The van der Waals surface area contributed by atoms with Crippen molar-refractivity contribution in [3.8, 4) is 5.75 Å². The molecule has 1 aliphatic heterocycles. The van der Waals surface area contributed by atoms with E-state index < -0.39 is 5.60 Å². The minimum absolute atomic E-state index is 0.00174. The number of fused-ring (bicyclic) bond motifs is 1. The number of halogens is 1. The predicted octanol–water partition coefficient (Wildman–Crippen LogP) is 6.25. The van der Waals surface area contributed by atoms with Gasteiger partial charge in [0.25, 0.3) is 0 Å². The second-order valence-corrected chi connectivity index (χ2v) is 10.8. The highest BCUT2D eigenvalue weighted by atomic mass is 28.1. The van der Waals surface area contributed by atoms with E-state index in [4.69, 9.17) is 14.2 Å². The molecule has 3 atom stereocenters. The Morgan fingerprint density at radius 3 is 2.50 bits per heavy atom. The fraction of sp³-hybridized carbons (Fsp3) is 0.414. The number of carbonyl (C=O) groups is 1. The third-order valence-corrected chi connectivity index (χ3v) is 7.78. The number of carbonyl (C=O) groups excluding carboxylic acids is 1. The third-order valence-electron chi connectivity index (χ3n) is 7.08. The van der Waals surface area contributed by atoms with E-state index in [1.807, 2.05) is 57.2 Å². The van der Waals surface area contributed by atoms with Crippen LogP contribution in [0.2, 0.25) is 5.54 Å². The minimum atomic E-state index is -0.647. The molecule has 0 spiro atoms. The molecule has 3 radical (unpaired) electrons. The first-order chi connectivity index (χ1) is 17.2. The molecule has 0 bridgehead atoms. The van der Waals surface area contributed by atoms with E-state index in [9.17, 15) is 9.18 Å². The van der Waals surface area contributed by atoms with Crippen LogP contribution in [0.15, 0.2) is 60.7 Å². The molecule has 1 aliphatic rings. The lowest BCUT2D eigenvalue weighted by Crippen LogP contribution is -2.49. The molecule has 1 heterocycles. The van der Waals surface area contributed by atoms with Crippen LogP contribution in [-0.4, -0.2) is 53.1 Å². The van der Waals surface area contributed by atoms with Gasteiger partial charge in [0, 0.05) is 22.7 Å². The van der Waals surface area contributed by atoms with Crippen molar-refractivity contribution >= 4 is 27.1 Å². The van der Waals surface area contributed by atoms with Crippen LogP contribution in [0.25, 0.3) is 10.8 Å². The molecule has 7 heteroatoms. The number of piperidine rings is 1. The predicted molar refractivity (Wildman–Crippen MR) is 140 cm³/mol. The SMILES string of the molecule is COc1ccc2cc(COC3CN(C(=O)OC(C)(C)C(C)[Si])CCC3c3ccc(F)cc3)ccc2c1. The van der Waals surface area contributed by atoms with Crippen LogP contribution in [0.4, 0.5) is 9.18 Å². The van der Waals surface area contributed by atoms with Gasteiger partial charge < -0.3 is 19.1 Å². The average molecular weight is 507 g/mol. The van der Waals surface area contributed by atoms with Crippen molar-refractivity contribution in [2.75, 3.05) is 20.2 Å². The molecule has 3 aromatic carbocycles. The third kappa shape index (κ3) is 6.07. The van der Waals surface area contributed by atoms with E-state index in [2.05, 4.69) is 22.4 Å². The first-order valence-electron chi connectivity index (χ1n) is 12.3. The number of likely N-dealkylation sites (tertiary alicyclic amines) is 1. The Morgan fingerprint density at radius 1 is 1.11 bits per heavy atom. The summed E-state index contributed by atoms with van der Waals surface area (Å²) in [6, 6.07) is 18.8. The fourth-order valence-electron chi connectivity index (χ4n) is 4.41. The van der Waals surface area contributed by atoms with E-state index >= 15 is 0 Å². The Kier molecular flexibility index (Phi) is 8.00. The largest absolute Gasteiger partial charge is 0.497 e. The van der Waals surface area contributed by atoms with Crippen molar-refractivity contribution in [1.29, 1.82) is 0 Å². The lowest BCUT2D eigenvalue weighted by atomic mass is 9.87. The van der Waals surface area contributed by atoms with Gasteiger partial charge in [-0.25, -0.2) is 9.18 Å². The molecule has 1 amide bonds. The highest BCUT2D eigenvalue weighted by Gasteiger charge is 2.36. The van der Waals surface area contributed by atoms with E-state index in [1.165, 1.54) is 12.1 Å². The maximum absolute atomic E-state index is 13.6. The molecule has 36 heavy (non-hydrogen) atoms. The molecule has 0 N–H and O–H groups in total. The molecule has 3 unspecified atom stereocenters. The van der Waals surface area contributed by atoms with Gasteiger partial charge in [0.15, 0.2) is 0 Å². The van der Waals surface area contributed by atoms with Gasteiger partial charge in [0.2, 0.25) is 0 Å². The Morgan fingerprint density at radius 2 is 1.81 bits per heavy atom. The molecule has 0 aliphatic carbocycles. The smallest absolute Gasteiger partial charge is 0.410 e. The monoisotopic (exact) mass is 506 g/mol. The Hall–Kier alpha value is -2.90. The molecule has 4 rings (SSSR count). The van der Waals surface area contributed by atoms with Crippen molar-refractivity contribution in [3.05, 3.63) is 77.6 Å². The van der Waals surface area contributed by atoms with E-state index in [0.717, 1.165) is 27.6 Å². The summed E-state index contributed by atoms with van der Waals surface area (Å²) in [6.07, 6.45) is 0.0931. The van der Waals surface area contributed by atoms with Gasteiger partial charge in [0.05, 0.1) is 26.4 Å². The summed E-state index contributed by atoms with van der Waals surface area (Å²) in [5, 5.41) is 2.20. The van der Waals surface area contributed by atoms with Crippen molar-refractivity contribution in [2.45, 2.75) is 57.0 Å². The zero-order valence-electron chi connectivity index (χ0n) is 21.3. The second kappa shape index (κ2) is 11.0. The lowest BCUT2D eigenvalue weighted by Gasteiger charge is -2.40. The topological polar surface area (TPSA) is 48.0 Å². The Balaban J connectivity index is 1.51. The number of benzene rings is 3. The molecule has 1 fully saturated rings. The summed E-state index contributed by atoms with van der Waals surface area (Å²) < 4.78 is 31.1. The number of rotatable bonds is 7. The van der Waals surface area contributed by atoms with Gasteiger partial charge in [-0.3, -0.25) is 0 Å². The number of hydrogen-bond acceptors (Lipinski definition) is 4. The van der Waals surface area contributed by atoms with Gasteiger partial charge in [-0.2, -0.15) is 0 Å². The van der Waals surface area contributed by atoms with Crippen LogP contribution in [0.1, 0.15) is 44.2 Å². The van der Waals surface area contributed by atoms with Gasteiger partial charge in [-0.05, 0) is 78.0 Å². The standard InChI is InChI=1S/C29H33FNO4Si/c1-19(36)29(2,3)35-28(32)31-14-13-26(21-7-10-24(30)11-8-21)27(17-31)34-18-20-5-6-23-16-25(33-4)12-9-22(23)15-20/h5-12,15-16,19,26-27H,13-14,17-18H2,1-4H3. The van der Waals surface area contributed by atoms with E-state index in [-0.39, 0.29) is 29.5 Å². The fourth-order valence-corrected chi connectivity index (χ4v) is 4.47. The number of hydrogen-bond donors (Lipinski definition) is 0. The summed E-state index contributed by atoms with van der Waals surface area (Å²) in [6.45, 7) is 7.07. The molecule has 1 saturated heterocycles. The van der Waals surface area contributed by atoms with Crippen LogP contribution in [-0.2, 0) is 16.1 Å². The summed E-state index contributed by atoms with van der Waals surface area (Å²) in [5.41, 5.74) is 1.40. The number of ether oxygens (including phenoxy) is 3. The minimum Gasteiger partial charge on any atom is -0.497 e. The van der Waals surface area contributed by atoms with Crippen LogP contribution in [0.3, 0.4) is 0 Å². The summed E-state index contributed by atoms with van der Waals surface area (Å²) in [7, 11) is 5.24.